The molecule has 0 amide bonds. The van der Waals surface area contributed by atoms with E-state index < -0.39 is 17.6 Å². The molecule has 0 atom stereocenters. The van der Waals surface area contributed by atoms with E-state index in [4.69, 9.17) is 16.7 Å². The van der Waals surface area contributed by atoms with Crippen LogP contribution in [0.5, 0.6) is 5.88 Å². The Labute approximate surface area is 72.0 Å². The van der Waals surface area contributed by atoms with Gasteiger partial charge in [-0.2, -0.15) is 13.8 Å². The van der Waals surface area contributed by atoms with Crippen LogP contribution >= 0.6 is 11.6 Å². The largest absolute Gasteiger partial charge is 0.493 e. The summed E-state index contributed by atoms with van der Waals surface area (Å²) in [7, 11) is 0. The highest BCUT2D eigenvalue weighted by atomic mass is 35.5. The van der Waals surface area contributed by atoms with Gasteiger partial charge in [-0.05, 0) is 0 Å². The highest BCUT2D eigenvalue weighted by Crippen LogP contribution is 2.26. The Hall–Kier alpha value is -0.970. The molecule has 0 saturated carbocycles. The van der Waals surface area contributed by atoms with Crippen molar-refractivity contribution < 1.29 is 13.9 Å². The highest BCUT2D eigenvalue weighted by molar-refractivity contribution is 6.29. The van der Waals surface area contributed by atoms with Crippen molar-refractivity contribution in [3.63, 3.8) is 0 Å². The van der Waals surface area contributed by atoms with Crippen LogP contribution in [-0.4, -0.2) is 15.1 Å². The Kier molecular flexibility index (Phi) is 2.14. The molecule has 1 rings (SSSR count). The van der Waals surface area contributed by atoms with E-state index >= 15 is 0 Å². The fraction of sp³-hybridized carbons (Fsp3) is 0.333. The van der Waals surface area contributed by atoms with Crippen LogP contribution in [0.25, 0.3) is 0 Å². The summed E-state index contributed by atoms with van der Waals surface area (Å²) in [6, 6.07) is 0.983. The number of aromatic hydroxyl groups is 1. The molecule has 0 bridgehead atoms. The quantitative estimate of drug-likeness (QED) is 0.695. The molecule has 1 heterocycles. The molecular formula is C6H5ClF2N2O. The predicted molar refractivity (Wildman–Crippen MR) is 38.3 cm³/mol. The molecule has 1 aromatic heterocycles. The molecule has 0 aliphatic heterocycles. The first-order valence-corrected chi connectivity index (χ1v) is 3.39. The van der Waals surface area contributed by atoms with Crippen molar-refractivity contribution in [2.45, 2.75) is 12.8 Å². The van der Waals surface area contributed by atoms with Gasteiger partial charge < -0.3 is 5.11 Å². The highest BCUT2D eigenvalue weighted by Gasteiger charge is 2.29. The first-order valence-electron chi connectivity index (χ1n) is 3.01. The predicted octanol–water partition coefficient (Wildman–Crippen LogP) is 1.95. The molecule has 6 heteroatoms. The van der Waals surface area contributed by atoms with Gasteiger partial charge in [0.25, 0.3) is 0 Å². The molecule has 1 N–H and O–H groups in total. The summed E-state index contributed by atoms with van der Waals surface area (Å²) in [6.07, 6.45) is 0. The molecule has 0 aliphatic rings. The molecule has 0 aromatic carbocycles. The van der Waals surface area contributed by atoms with E-state index in [1.165, 1.54) is 0 Å². The lowest BCUT2D eigenvalue weighted by Crippen LogP contribution is -2.12. The third kappa shape index (κ3) is 2.01. The zero-order chi connectivity index (χ0) is 9.35. The van der Waals surface area contributed by atoms with Crippen molar-refractivity contribution >= 4 is 11.6 Å². The first kappa shape index (κ1) is 9.12. The number of alkyl halides is 2. The van der Waals surface area contributed by atoms with Crippen LogP contribution in [-0.2, 0) is 5.92 Å². The number of halogens is 3. The van der Waals surface area contributed by atoms with Gasteiger partial charge in [0.15, 0.2) is 0 Å². The van der Waals surface area contributed by atoms with E-state index in [0.29, 0.717) is 6.92 Å². The van der Waals surface area contributed by atoms with E-state index in [0.717, 1.165) is 6.07 Å². The van der Waals surface area contributed by atoms with Gasteiger partial charge in [-0.15, -0.1) is 0 Å². The van der Waals surface area contributed by atoms with E-state index in [9.17, 15) is 8.78 Å². The van der Waals surface area contributed by atoms with Gasteiger partial charge in [0, 0.05) is 13.0 Å². The lowest BCUT2D eigenvalue weighted by atomic mass is 10.3. The van der Waals surface area contributed by atoms with E-state index in [-0.39, 0.29) is 5.15 Å². The lowest BCUT2D eigenvalue weighted by molar-refractivity contribution is 0.00709. The minimum Gasteiger partial charge on any atom is -0.493 e. The Bertz CT molecular complexity index is 280. The molecular weight excluding hydrogens is 190 g/mol. The van der Waals surface area contributed by atoms with Crippen molar-refractivity contribution in [1.29, 1.82) is 0 Å². The zero-order valence-corrected chi connectivity index (χ0v) is 6.81. The summed E-state index contributed by atoms with van der Waals surface area (Å²) in [5, 5.41) is 8.58. The van der Waals surface area contributed by atoms with Crippen LogP contribution in [0.4, 0.5) is 8.78 Å². The van der Waals surface area contributed by atoms with E-state index in [1.54, 1.807) is 0 Å². The fourth-order valence-corrected chi connectivity index (χ4v) is 0.780. The molecule has 12 heavy (non-hydrogen) atoms. The molecule has 0 radical (unpaired) electrons. The van der Waals surface area contributed by atoms with E-state index in [2.05, 4.69) is 9.97 Å². The van der Waals surface area contributed by atoms with Crippen molar-refractivity contribution in [2.75, 3.05) is 0 Å². The third-order valence-electron chi connectivity index (χ3n) is 1.07. The van der Waals surface area contributed by atoms with Crippen LogP contribution in [0.1, 0.15) is 12.7 Å². The molecule has 0 aliphatic carbocycles. The van der Waals surface area contributed by atoms with Gasteiger partial charge in [-0.25, -0.2) is 4.98 Å². The average Bonchev–Trinajstić information content (AvgIpc) is 1.82. The summed E-state index contributed by atoms with van der Waals surface area (Å²) < 4.78 is 25.0. The maximum Gasteiger partial charge on any atom is 0.304 e. The Morgan fingerprint density at radius 1 is 1.50 bits per heavy atom. The second-order valence-corrected chi connectivity index (χ2v) is 2.65. The molecule has 0 fully saturated rings. The van der Waals surface area contributed by atoms with Crippen LogP contribution in [0, 0.1) is 0 Å². The summed E-state index contributed by atoms with van der Waals surface area (Å²) in [6.45, 7) is 0.623. The summed E-state index contributed by atoms with van der Waals surface area (Å²) >= 11 is 5.31. The smallest absolute Gasteiger partial charge is 0.304 e. The van der Waals surface area contributed by atoms with Crippen LogP contribution in [0.2, 0.25) is 5.15 Å². The van der Waals surface area contributed by atoms with Gasteiger partial charge in [-0.3, -0.25) is 0 Å². The summed E-state index contributed by atoms with van der Waals surface area (Å²) in [4.78, 5) is 6.36. The number of nitrogens with zero attached hydrogens (tertiary/aromatic N) is 2. The van der Waals surface area contributed by atoms with Crippen LogP contribution in [0.15, 0.2) is 6.07 Å². The summed E-state index contributed by atoms with van der Waals surface area (Å²) in [5.41, 5.74) is 0. The Balaban J connectivity index is 3.18. The van der Waals surface area contributed by atoms with Crippen LogP contribution in [0.3, 0.4) is 0 Å². The Morgan fingerprint density at radius 3 is 2.50 bits per heavy atom. The normalized spacial score (nSPS) is 11.7. The monoisotopic (exact) mass is 194 g/mol. The molecule has 0 spiro atoms. The number of hydrogen-bond donors (Lipinski definition) is 1. The van der Waals surface area contributed by atoms with Gasteiger partial charge in [0.05, 0.1) is 0 Å². The second-order valence-electron chi connectivity index (χ2n) is 2.26. The standard InChI is InChI=1S/C6H5ClF2N2O/c1-6(8,9)5-10-3(7)2-4(12)11-5/h2H,1H3,(H,10,11,12). The van der Waals surface area contributed by atoms with Gasteiger partial charge in [-0.1, -0.05) is 11.6 Å². The number of aromatic nitrogens is 2. The molecule has 3 nitrogen and oxygen atoms in total. The van der Waals surface area contributed by atoms with Gasteiger partial charge >= 0.3 is 5.92 Å². The average molecular weight is 195 g/mol. The van der Waals surface area contributed by atoms with Crippen molar-refractivity contribution in [3.05, 3.63) is 17.0 Å². The number of hydrogen-bond acceptors (Lipinski definition) is 3. The van der Waals surface area contributed by atoms with Crippen LogP contribution < -0.4 is 0 Å². The second kappa shape index (κ2) is 2.82. The molecule has 0 saturated heterocycles. The first-order chi connectivity index (χ1) is 5.39. The molecule has 66 valence electrons. The van der Waals surface area contributed by atoms with Crippen molar-refractivity contribution in [2.24, 2.45) is 0 Å². The van der Waals surface area contributed by atoms with Crippen molar-refractivity contribution in [1.82, 2.24) is 9.97 Å². The molecule has 0 unspecified atom stereocenters. The topological polar surface area (TPSA) is 46.0 Å². The maximum atomic E-state index is 12.5. The SMILES string of the molecule is CC(F)(F)c1nc(O)cc(Cl)n1. The molecule has 1 aromatic rings. The minimum atomic E-state index is -3.19. The summed E-state index contributed by atoms with van der Waals surface area (Å²) in [5.74, 6) is -4.54. The fourth-order valence-electron chi connectivity index (χ4n) is 0.602. The lowest BCUT2D eigenvalue weighted by Gasteiger charge is -2.07. The van der Waals surface area contributed by atoms with E-state index in [1.807, 2.05) is 0 Å². The minimum absolute atomic E-state index is 0.209. The van der Waals surface area contributed by atoms with Gasteiger partial charge in [0.1, 0.15) is 5.15 Å². The zero-order valence-electron chi connectivity index (χ0n) is 6.05. The van der Waals surface area contributed by atoms with Crippen molar-refractivity contribution in [3.8, 4) is 5.88 Å². The third-order valence-corrected chi connectivity index (χ3v) is 1.27. The Morgan fingerprint density at radius 2 is 2.08 bits per heavy atom. The van der Waals surface area contributed by atoms with Gasteiger partial charge in [0.2, 0.25) is 11.7 Å². The number of rotatable bonds is 1. The maximum absolute atomic E-state index is 12.5.